The predicted octanol–water partition coefficient (Wildman–Crippen LogP) is 0.893. The second-order valence-corrected chi connectivity index (χ2v) is 2.67. The van der Waals surface area contributed by atoms with Crippen LogP contribution in [0.4, 0.5) is 0 Å². The first-order valence-corrected chi connectivity index (χ1v) is 4.46. The van der Waals surface area contributed by atoms with Crippen molar-refractivity contribution in [2.75, 3.05) is 20.2 Å². The van der Waals surface area contributed by atoms with Crippen LogP contribution in [0.5, 0.6) is 0 Å². The number of likely N-dealkylation sites (N-methyl/N-ethyl adjacent to an activating group) is 1. The van der Waals surface area contributed by atoms with Crippen LogP contribution in [0.2, 0.25) is 0 Å². The number of rotatable bonds is 5. The first-order valence-electron chi connectivity index (χ1n) is 4.46. The van der Waals surface area contributed by atoms with Crippen molar-refractivity contribution in [3.05, 3.63) is 0 Å². The van der Waals surface area contributed by atoms with E-state index in [1.165, 1.54) is 7.11 Å². The number of terminal acetylenes is 1. The van der Waals surface area contributed by atoms with Crippen molar-refractivity contribution in [2.24, 2.45) is 0 Å². The highest BCUT2D eigenvalue weighted by Crippen LogP contribution is 2.05. The normalized spacial score (nSPS) is 12.2. The van der Waals surface area contributed by atoms with Crippen LogP contribution in [0.15, 0.2) is 0 Å². The zero-order valence-electron chi connectivity index (χ0n) is 8.54. The van der Waals surface area contributed by atoms with Crippen molar-refractivity contribution in [3.8, 4) is 12.3 Å². The van der Waals surface area contributed by atoms with Crippen LogP contribution >= 0.6 is 0 Å². The molecule has 0 radical (unpaired) electrons. The van der Waals surface area contributed by atoms with Crippen molar-refractivity contribution in [1.29, 1.82) is 0 Å². The molecule has 0 aliphatic heterocycles. The number of nitrogens with zero attached hydrogens (tertiary/aromatic N) is 1. The molecule has 0 saturated carbocycles. The van der Waals surface area contributed by atoms with E-state index in [1.807, 2.05) is 18.7 Å². The van der Waals surface area contributed by atoms with Gasteiger partial charge < -0.3 is 4.74 Å². The third-order valence-electron chi connectivity index (χ3n) is 2.04. The smallest absolute Gasteiger partial charge is 0.324 e. The molecule has 0 unspecified atom stereocenters. The zero-order valence-corrected chi connectivity index (χ0v) is 8.54. The topological polar surface area (TPSA) is 29.5 Å². The Morgan fingerprint density at radius 3 is 2.38 bits per heavy atom. The zero-order chi connectivity index (χ0) is 10.3. The van der Waals surface area contributed by atoms with Crippen LogP contribution in [-0.4, -0.2) is 37.1 Å². The number of hydrogen-bond acceptors (Lipinski definition) is 3. The summed E-state index contributed by atoms with van der Waals surface area (Å²) in [5, 5.41) is 0. The molecule has 0 aliphatic carbocycles. The Bertz CT molecular complexity index is 192. The average Bonchev–Trinajstić information content (AvgIpc) is 2.17. The molecule has 0 rings (SSSR count). The van der Waals surface area contributed by atoms with Gasteiger partial charge in [-0.3, -0.25) is 9.69 Å². The maximum Gasteiger partial charge on any atom is 0.324 e. The highest BCUT2D eigenvalue weighted by atomic mass is 16.5. The van der Waals surface area contributed by atoms with E-state index in [0.29, 0.717) is 6.42 Å². The Morgan fingerprint density at radius 2 is 2.08 bits per heavy atom. The minimum atomic E-state index is -0.287. The minimum Gasteiger partial charge on any atom is -0.468 e. The van der Waals surface area contributed by atoms with E-state index in [9.17, 15) is 4.79 Å². The van der Waals surface area contributed by atoms with E-state index in [1.54, 1.807) is 0 Å². The quantitative estimate of drug-likeness (QED) is 0.468. The molecule has 74 valence electrons. The fourth-order valence-corrected chi connectivity index (χ4v) is 1.27. The number of ether oxygens (including phenoxy) is 1. The molecule has 0 fully saturated rings. The van der Waals surface area contributed by atoms with Crippen molar-refractivity contribution < 1.29 is 9.53 Å². The highest BCUT2D eigenvalue weighted by Gasteiger charge is 2.23. The van der Waals surface area contributed by atoms with Gasteiger partial charge in [0.1, 0.15) is 6.04 Å². The molecule has 0 N–H and O–H groups in total. The lowest BCUT2D eigenvalue weighted by Gasteiger charge is -2.25. The highest BCUT2D eigenvalue weighted by molar-refractivity contribution is 5.76. The molecule has 0 spiro atoms. The summed E-state index contributed by atoms with van der Waals surface area (Å²) in [5.74, 6) is 2.24. The fraction of sp³-hybridized carbons (Fsp3) is 0.700. The first-order chi connectivity index (χ1) is 6.21. The van der Waals surface area contributed by atoms with Crippen LogP contribution in [0.3, 0.4) is 0 Å². The van der Waals surface area contributed by atoms with Crippen molar-refractivity contribution >= 4 is 5.97 Å². The molecule has 0 bridgehead atoms. The SMILES string of the molecule is C#CC[C@@H](C(=O)OC)N(CC)CC. The summed E-state index contributed by atoms with van der Waals surface area (Å²) < 4.78 is 4.67. The standard InChI is InChI=1S/C10H17NO2/c1-5-8-9(10(12)13-4)11(6-2)7-3/h1,9H,6-8H2,2-4H3/t9-/m0/s1. The van der Waals surface area contributed by atoms with Crippen molar-refractivity contribution in [1.82, 2.24) is 4.90 Å². The van der Waals surface area contributed by atoms with Gasteiger partial charge in [0, 0.05) is 6.42 Å². The van der Waals surface area contributed by atoms with Crippen LogP contribution < -0.4 is 0 Å². The number of methoxy groups -OCH3 is 1. The van der Waals surface area contributed by atoms with Crippen molar-refractivity contribution in [2.45, 2.75) is 26.3 Å². The lowest BCUT2D eigenvalue weighted by Crippen LogP contribution is -2.41. The van der Waals surface area contributed by atoms with Gasteiger partial charge in [0.25, 0.3) is 0 Å². The van der Waals surface area contributed by atoms with E-state index in [-0.39, 0.29) is 12.0 Å². The van der Waals surface area contributed by atoms with Gasteiger partial charge >= 0.3 is 5.97 Å². The summed E-state index contributed by atoms with van der Waals surface area (Å²) in [7, 11) is 1.38. The van der Waals surface area contributed by atoms with E-state index in [4.69, 9.17) is 6.42 Å². The largest absolute Gasteiger partial charge is 0.468 e. The van der Waals surface area contributed by atoms with Gasteiger partial charge in [0.05, 0.1) is 7.11 Å². The predicted molar refractivity (Wildman–Crippen MR) is 52.2 cm³/mol. The van der Waals surface area contributed by atoms with Gasteiger partial charge in [0.15, 0.2) is 0 Å². The second kappa shape index (κ2) is 6.50. The Hall–Kier alpha value is -1.01. The number of carbonyl (C=O) groups is 1. The van der Waals surface area contributed by atoms with Crippen LogP contribution in [0.1, 0.15) is 20.3 Å². The first kappa shape index (κ1) is 12.0. The Labute approximate surface area is 80.1 Å². The molecular formula is C10H17NO2. The van der Waals surface area contributed by atoms with Crippen LogP contribution in [0, 0.1) is 12.3 Å². The molecule has 0 amide bonds. The third kappa shape index (κ3) is 3.47. The molecule has 0 heterocycles. The molecule has 0 aromatic heterocycles. The van der Waals surface area contributed by atoms with Gasteiger partial charge in [0.2, 0.25) is 0 Å². The number of hydrogen-bond donors (Lipinski definition) is 0. The Balaban J connectivity index is 4.39. The van der Waals surface area contributed by atoms with Gasteiger partial charge in [-0.15, -0.1) is 12.3 Å². The molecule has 3 nitrogen and oxygen atoms in total. The van der Waals surface area contributed by atoms with Crippen LogP contribution in [0.25, 0.3) is 0 Å². The summed E-state index contributed by atoms with van der Waals surface area (Å²) in [5.41, 5.74) is 0. The molecule has 1 atom stereocenters. The lowest BCUT2D eigenvalue weighted by atomic mass is 10.2. The van der Waals surface area contributed by atoms with Gasteiger partial charge in [-0.05, 0) is 13.1 Å². The lowest BCUT2D eigenvalue weighted by molar-refractivity contribution is -0.146. The van der Waals surface area contributed by atoms with Crippen molar-refractivity contribution in [3.63, 3.8) is 0 Å². The van der Waals surface area contributed by atoms with E-state index in [0.717, 1.165) is 13.1 Å². The minimum absolute atomic E-state index is 0.248. The van der Waals surface area contributed by atoms with E-state index < -0.39 is 0 Å². The summed E-state index contributed by atoms with van der Waals surface area (Å²) in [6.07, 6.45) is 5.60. The summed E-state index contributed by atoms with van der Waals surface area (Å²) in [6.45, 7) is 5.60. The van der Waals surface area contributed by atoms with E-state index in [2.05, 4.69) is 10.7 Å². The second-order valence-electron chi connectivity index (χ2n) is 2.67. The average molecular weight is 183 g/mol. The monoisotopic (exact) mass is 183 g/mol. The molecule has 0 saturated heterocycles. The third-order valence-corrected chi connectivity index (χ3v) is 2.04. The maximum atomic E-state index is 11.3. The number of carbonyl (C=O) groups excluding carboxylic acids is 1. The molecule has 0 aliphatic rings. The summed E-state index contributed by atoms with van der Waals surface area (Å²) in [4.78, 5) is 13.3. The fourth-order valence-electron chi connectivity index (χ4n) is 1.27. The molecule has 13 heavy (non-hydrogen) atoms. The summed E-state index contributed by atoms with van der Waals surface area (Å²) in [6, 6.07) is -0.287. The van der Waals surface area contributed by atoms with Gasteiger partial charge in [-0.25, -0.2) is 0 Å². The Morgan fingerprint density at radius 1 is 1.54 bits per heavy atom. The Kier molecular flexibility index (Phi) is 5.99. The van der Waals surface area contributed by atoms with E-state index >= 15 is 0 Å². The molecule has 3 heteroatoms. The van der Waals surface area contributed by atoms with Gasteiger partial charge in [-0.1, -0.05) is 13.8 Å². The molecular weight excluding hydrogens is 166 g/mol. The maximum absolute atomic E-state index is 11.3. The summed E-state index contributed by atoms with van der Waals surface area (Å²) >= 11 is 0. The van der Waals surface area contributed by atoms with Crippen LogP contribution in [-0.2, 0) is 9.53 Å². The number of esters is 1. The molecule has 0 aromatic rings. The molecule has 0 aromatic carbocycles. The van der Waals surface area contributed by atoms with Gasteiger partial charge in [-0.2, -0.15) is 0 Å².